The predicted octanol–water partition coefficient (Wildman–Crippen LogP) is 2.63. The van der Waals surface area contributed by atoms with E-state index in [0.717, 1.165) is 22.3 Å². The Morgan fingerprint density at radius 3 is 2.75 bits per heavy atom. The molecule has 164 valence electrons. The number of anilines is 3. The van der Waals surface area contributed by atoms with Crippen LogP contribution < -0.4 is 26.8 Å². The Morgan fingerprint density at radius 2 is 1.97 bits per heavy atom. The molecule has 2 heterocycles. The van der Waals surface area contributed by atoms with Crippen LogP contribution in [0.3, 0.4) is 0 Å². The Hall–Kier alpha value is -4.11. The van der Waals surface area contributed by atoms with Gasteiger partial charge in [0.25, 0.3) is 5.91 Å². The number of nitrogens with one attached hydrogen (secondary N) is 2. The minimum absolute atomic E-state index is 0.195. The topological polar surface area (TPSA) is 133 Å². The van der Waals surface area contributed by atoms with Gasteiger partial charge in [-0.05, 0) is 30.3 Å². The van der Waals surface area contributed by atoms with E-state index in [0.29, 0.717) is 24.9 Å². The summed E-state index contributed by atoms with van der Waals surface area (Å²) < 4.78 is 7.69. The van der Waals surface area contributed by atoms with Gasteiger partial charge in [-0.15, -0.1) is 0 Å². The molecule has 9 nitrogen and oxygen atoms in total. The fourth-order valence-corrected chi connectivity index (χ4v) is 3.28. The van der Waals surface area contributed by atoms with E-state index in [4.69, 9.17) is 16.2 Å². The van der Waals surface area contributed by atoms with Crippen LogP contribution in [0.15, 0.2) is 67.0 Å². The summed E-state index contributed by atoms with van der Waals surface area (Å²) in [6, 6.07) is 17.0. The van der Waals surface area contributed by atoms with Gasteiger partial charge in [0, 0.05) is 42.6 Å². The Bertz CT molecular complexity index is 1220. The standard InChI is InChI=1S/C23H25N7O2/c1-30-11-10-17-19(8-5-9-20(17)30)28-22-18(21(25)31)13-27-23(29-22)26-12-15(24)14-32-16-6-3-2-4-7-16/h2-11,13,15H,12,14,24H2,1H3,(H2,25,31)(H2,26,27,28,29). The molecule has 0 fully saturated rings. The third-order valence-electron chi connectivity index (χ3n) is 4.96. The van der Waals surface area contributed by atoms with E-state index in [1.807, 2.05) is 72.4 Å². The number of nitrogens with two attached hydrogens (primary N) is 2. The molecule has 0 aliphatic rings. The summed E-state index contributed by atoms with van der Waals surface area (Å²) in [4.78, 5) is 20.6. The molecule has 1 atom stereocenters. The molecule has 4 rings (SSSR count). The molecule has 2 aromatic heterocycles. The van der Waals surface area contributed by atoms with Crippen molar-refractivity contribution >= 4 is 34.3 Å². The number of carbonyl (C=O) groups is 1. The largest absolute Gasteiger partial charge is 0.492 e. The Labute approximate surface area is 185 Å². The van der Waals surface area contributed by atoms with Crippen molar-refractivity contribution in [3.8, 4) is 5.75 Å². The summed E-state index contributed by atoms with van der Waals surface area (Å²) in [6.45, 7) is 0.716. The van der Waals surface area contributed by atoms with Gasteiger partial charge in [-0.2, -0.15) is 4.98 Å². The van der Waals surface area contributed by atoms with Gasteiger partial charge in [0.1, 0.15) is 23.7 Å². The molecule has 0 saturated heterocycles. The van der Waals surface area contributed by atoms with Crippen molar-refractivity contribution in [2.24, 2.45) is 18.5 Å². The molecule has 0 radical (unpaired) electrons. The minimum atomic E-state index is -0.618. The highest BCUT2D eigenvalue weighted by molar-refractivity contribution is 6.00. The summed E-state index contributed by atoms with van der Waals surface area (Å²) in [5.41, 5.74) is 13.7. The number of aryl methyl sites for hydroxylation is 1. The Balaban J connectivity index is 1.47. The van der Waals surface area contributed by atoms with Crippen LogP contribution in [-0.2, 0) is 7.05 Å². The van der Waals surface area contributed by atoms with Crippen LogP contribution in [0.2, 0.25) is 0 Å². The number of benzene rings is 2. The van der Waals surface area contributed by atoms with Gasteiger partial charge < -0.3 is 31.4 Å². The average Bonchev–Trinajstić information content (AvgIpc) is 3.19. The highest BCUT2D eigenvalue weighted by Gasteiger charge is 2.15. The van der Waals surface area contributed by atoms with Crippen molar-refractivity contribution in [3.63, 3.8) is 0 Å². The van der Waals surface area contributed by atoms with E-state index in [1.54, 1.807) is 0 Å². The SMILES string of the molecule is Cn1ccc2c(Nc3nc(NCC(N)COc4ccccc4)ncc3C(N)=O)cccc21. The zero-order chi connectivity index (χ0) is 22.5. The third-order valence-corrected chi connectivity index (χ3v) is 4.96. The van der Waals surface area contributed by atoms with Crippen molar-refractivity contribution < 1.29 is 9.53 Å². The van der Waals surface area contributed by atoms with Crippen LogP contribution >= 0.6 is 0 Å². The van der Waals surface area contributed by atoms with Crippen molar-refractivity contribution in [2.45, 2.75) is 6.04 Å². The van der Waals surface area contributed by atoms with Crippen LogP contribution in [0, 0.1) is 0 Å². The van der Waals surface area contributed by atoms with Crippen molar-refractivity contribution in [1.82, 2.24) is 14.5 Å². The molecule has 0 aliphatic carbocycles. The van der Waals surface area contributed by atoms with Crippen LogP contribution in [-0.4, -0.2) is 39.6 Å². The van der Waals surface area contributed by atoms with Crippen LogP contribution in [0.25, 0.3) is 10.9 Å². The number of hydrogen-bond donors (Lipinski definition) is 4. The van der Waals surface area contributed by atoms with Crippen LogP contribution in [0.1, 0.15) is 10.4 Å². The Morgan fingerprint density at radius 1 is 1.16 bits per heavy atom. The van der Waals surface area contributed by atoms with Crippen LogP contribution in [0.4, 0.5) is 17.5 Å². The Kier molecular flexibility index (Phi) is 6.18. The maximum Gasteiger partial charge on any atom is 0.254 e. The number of rotatable bonds is 9. The van der Waals surface area contributed by atoms with E-state index in [-0.39, 0.29) is 11.6 Å². The maximum absolute atomic E-state index is 11.9. The number of para-hydroxylation sites is 1. The minimum Gasteiger partial charge on any atom is -0.492 e. The van der Waals surface area contributed by atoms with Gasteiger partial charge in [-0.3, -0.25) is 4.79 Å². The molecule has 0 bridgehead atoms. The first kappa shape index (κ1) is 21.1. The molecular formula is C23H25N7O2. The highest BCUT2D eigenvalue weighted by atomic mass is 16.5. The summed E-state index contributed by atoms with van der Waals surface area (Å²) in [5.74, 6) is 0.784. The van der Waals surface area contributed by atoms with E-state index < -0.39 is 5.91 Å². The average molecular weight is 432 g/mol. The lowest BCUT2D eigenvalue weighted by Gasteiger charge is -2.15. The lowest BCUT2D eigenvalue weighted by Crippen LogP contribution is -2.35. The van der Waals surface area contributed by atoms with Gasteiger partial charge in [0.15, 0.2) is 0 Å². The van der Waals surface area contributed by atoms with Gasteiger partial charge >= 0.3 is 0 Å². The number of ether oxygens (including phenoxy) is 1. The van der Waals surface area contributed by atoms with Crippen molar-refractivity contribution in [2.75, 3.05) is 23.8 Å². The zero-order valence-electron chi connectivity index (χ0n) is 17.7. The molecule has 4 aromatic rings. The smallest absolute Gasteiger partial charge is 0.254 e. The van der Waals surface area contributed by atoms with Crippen LogP contribution in [0.5, 0.6) is 5.75 Å². The third kappa shape index (κ3) is 4.79. The van der Waals surface area contributed by atoms with E-state index in [9.17, 15) is 4.79 Å². The number of fused-ring (bicyclic) bond motifs is 1. The first-order chi connectivity index (χ1) is 15.5. The molecule has 1 unspecified atom stereocenters. The molecule has 9 heteroatoms. The lowest BCUT2D eigenvalue weighted by molar-refractivity contribution is 0.100. The summed E-state index contributed by atoms with van der Waals surface area (Å²) in [7, 11) is 1.97. The number of hydrogen-bond acceptors (Lipinski definition) is 7. The van der Waals surface area contributed by atoms with E-state index >= 15 is 0 Å². The van der Waals surface area contributed by atoms with Gasteiger partial charge in [0.05, 0.1) is 6.04 Å². The fourth-order valence-electron chi connectivity index (χ4n) is 3.28. The molecule has 2 aromatic carbocycles. The number of carbonyl (C=O) groups excluding carboxylic acids is 1. The lowest BCUT2D eigenvalue weighted by atomic mass is 10.2. The molecule has 6 N–H and O–H groups in total. The second-order valence-corrected chi connectivity index (χ2v) is 7.38. The van der Waals surface area contributed by atoms with Gasteiger partial charge in [-0.25, -0.2) is 4.98 Å². The fraction of sp³-hybridized carbons (Fsp3) is 0.174. The summed E-state index contributed by atoms with van der Waals surface area (Å²) >= 11 is 0. The van der Waals surface area contributed by atoms with Crippen molar-refractivity contribution in [3.05, 3.63) is 72.6 Å². The second-order valence-electron chi connectivity index (χ2n) is 7.38. The normalized spacial score (nSPS) is 11.8. The molecular weight excluding hydrogens is 406 g/mol. The van der Waals surface area contributed by atoms with E-state index in [1.165, 1.54) is 6.20 Å². The summed E-state index contributed by atoms with van der Waals surface area (Å²) in [5, 5.41) is 7.31. The number of primary amides is 1. The summed E-state index contributed by atoms with van der Waals surface area (Å²) in [6.07, 6.45) is 3.37. The molecule has 0 spiro atoms. The number of amides is 1. The van der Waals surface area contributed by atoms with Crippen molar-refractivity contribution in [1.29, 1.82) is 0 Å². The predicted molar refractivity (Wildman–Crippen MR) is 125 cm³/mol. The highest BCUT2D eigenvalue weighted by Crippen LogP contribution is 2.28. The van der Waals surface area contributed by atoms with Gasteiger partial charge in [0.2, 0.25) is 5.95 Å². The molecule has 0 aliphatic heterocycles. The maximum atomic E-state index is 11.9. The molecule has 1 amide bonds. The zero-order valence-corrected chi connectivity index (χ0v) is 17.7. The first-order valence-electron chi connectivity index (χ1n) is 10.2. The molecule has 0 saturated carbocycles. The number of nitrogens with zero attached hydrogens (tertiary/aromatic N) is 3. The number of aromatic nitrogens is 3. The van der Waals surface area contributed by atoms with E-state index in [2.05, 4.69) is 20.6 Å². The second kappa shape index (κ2) is 9.36. The quantitative estimate of drug-likeness (QED) is 0.320. The van der Waals surface area contributed by atoms with Gasteiger partial charge in [-0.1, -0.05) is 24.3 Å². The first-order valence-corrected chi connectivity index (χ1v) is 10.2. The molecule has 32 heavy (non-hydrogen) atoms. The monoisotopic (exact) mass is 431 g/mol.